The van der Waals surface area contributed by atoms with E-state index >= 15 is 0 Å². The minimum Gasteiger partial charge on any atom is -0.497 e. The van der Waals surface area contributed by atoms with Crippen LogP contribution in [0.15, 0.2) is 47.5 Å². The number of alkyl halides is 2. The van der Waals surface area contributed by atoms with Gasteiger partial charge in [0.25, 0.3) is 0 Å². The van der Waals surface area contributed by atoms with Gasteiger partial charge in [0.15, 0.2) is 5.96 Å². The first-order chi connectivity index (χ1) is 12.5. The van der Waals surface area contributed by atoms with Gasteiger partial charge in [0.05, 0.1) is 7.11 Å². The Kier molecular flexibility index (Phi) is 7.13. The molecule has 2 N–H and O–H groups in total. The van der Waals surface area contributed by atoms with E-state index in [-0.39, 0.29) is 24.7 Å². The zero-order chi connectivity index (χ0) is 18.9. The number of nitrogens with one attached hydrogen (secondary N) is 2. The van der Waals surface area contributed by atoms with E-state index < -0.39 is 6.61 Å². The fraction of sp³-hybridized carbons (Fsp3) is 0.278. The van der Waals surface area contributed by atoms with Gasteiger partial charge in [0.1, 0.15) is 17.3 Å². The lowest BCUT2D eigenvalue weighted by molar-refractivity contribution is -0.0505. The van der Waals surface area contributed by atoms with Crippen LogP contribution in [0.5, 0.6) is 11.5 Å². The first-order valence-electron chi connectivity index (χ1n) is 7.83. The molecule has 0 aliphatic carbocycles. The summed E-state index contributed by atoms with van der Waals surface area (Å²) in [6.07, 6.45) is 0. The minimum atomic E-state index is -2.95. The summed E-state index contributed by atoms with van der Waals surface area (Å²) in [5.74, 6) is 0.494. The summed E-state index contributed by atoms with van der Waals surface area (Å²) in [7, 11) is 3.00. The van der Waals surface area contributed by atoms with E-state index in [1.54, 1.807) is 37.4 Å². The Bertz CT molecular complexity index is 754. The second kappa shape index (κ2) is 9.55. The van der Waals surface area contributed by atoms with E-state index in [9.17, 15) is 13.2 Å². The van der Waals surface area contributed by atoms with Crippen molar-refractivity contribution in [2.45, 2.75) is 19.7 Å². The van der Waals surface area contributed by atoms with Gasteiger partial charge in [-0.05, 0) is 18.2 Å². The van der Waals surface area contributed by atoms with Gasteiger partial charge in [-0.25, -0.2) is 4.39 Å². The summed E-state index contributed by atoms with van der Waals surface area (Å²) in [5.41, 5.74) is 0.988. The molecule has 0 unspecified atom stereocenters. The maximum absolute atomic E-state index is 13.6. The van der Waals surface area contributed by atoms with Gasteiger partial charge in [-0.2, -0.15) is 8.78 Å². The Balaban J connectivity index is 2.00. The fourth-order valence-corrected chi connectivity index (χ4v) is 2.23. The van der Waals surface area contributed by atoms with Gasteiger partial charge in [-0.3, -0.25) is 4.99 Å². The predicted molar refractivity (Wildman–Crippen MR) is 93.1 cm³/mol. The highest BCUT2D eigenvalue weighted by Crippen LogP contribution is 2.26. The van der Waals surface area contributed by atoms with Crippen LogP contribution in [0.3, 0.4) is 0 Å². The quantitative estimate of drug-likeness (QED) is 0.582. The standard InChI is InChI=1S/C18H20F3N3O2/c1-22-18(23-10-12-5-3-4-6-15(12)19)24-11-13-7-8-14(25-2)9-16(13)26-17(20)21/h3-9,17H,10-11H2,1-2H3,(H2,22,23,24). The number of nitrogens with zero attached hydrogens (tertiary/aromatic N) is 1. The predicted octanol–water partition coefficient (Wildman–Crippen LogP) is 3.30. The molecule has 0 aromatic heterocycles. The minimum absolute atomic E-state index is 0.0106. The van der Waals surface area contributed by atoms with Crippen LogP contribution in [-0.2, 0) is 13.1 Å². The molecule has 2 aromatic carbocycles. The lowest BCUT2D eigenvalue weighted by Crippen LogP contribution is -2.36. The van der Waals surface area contributed by atoms with Crippen molar-refractivity contribution in [1.29, 1.82) is 0 Å². The van der Waals surface area contributed by atoms with Crippen molar-refractivity contribution in [3.05, 3.63) is 59.4 Å². The number of hydrogen-bond donors (Lipinski definition) is 2. The summed E-state index contributed by atoms with van der Waals surface area (Å²) >= 11 is 0. The summed E-state index contributed by atoms with van der Waals surface area (Å²) in [4.78, 5) is 4.03. The van der Waals surface area contributed by atoms with Gasteiger partial charge in [0.2, 0.25) is 0 Å². The molecule has 140 valence electrons. The van der Waals surface area contributed by atoms with Gasteiger partial charge >= 0.3 is 6.61 Å². The molecule has 0 saturated carbocycles. The lowest BCUT2D eigenvalue weighted by atomic mass is 10.2. The van der Waals surface area contributed by atoms with Crippen LogP contribution in [0, 0.1) is 5.82 Å². The molecule has 0 heterocycles. The molecule has 26 heavy (non-hydrogen) atoms. The maximum Gasteiger partial charge on any atom is 0.387 e. The van der Waals surface area contributed by atoms with Crippen LogP contribution in [0.1, 0.15) is 11.1 Å². The van der Waals surface area contributed by atoms with Crippen molar-refractivity contribution >= 4 is 5.96 Å². The Morgan fingerprint density at radius 1 is 1.08 bits per heavy atom. The smallest absolute Gasteiger partial charge is 0.387 e. The number of halogens is 3. The Morgan fingerprint density at radius 2 is 1.77 bits per heavy atom. The number of hydrogen-bond acceptors (Lipinski definition) is 3. The van der Waals surface area contributed by atoms with E-state index in [2.05, 4.69) is 20.4 Å². The van der Waals surface area contributed by atoms with Crippen molar-refractivity contribution in [2.24, 2.45) is 4.99 Å². The van der Waals surface area contributed by atoms with E-state index in [0.29, 0.717) is 22.8 Å². The largest absolute Gasteiger partial charge is 0.497 e. The van der Waals surface area contributed by atoms with Crippen molar-refractivity contribution in [3.63, 3.8) is 0 Å². The molecule has 0 spiro atoms. The average Bonchev–Trinajstić information content (AvgIpc) is 2.63. The summed E-state index contributed by atoms with van der Waals surface area (Å²) < 4.78 is 48.4. The third-order valence-electron chi connectivity index (χ3n) is 3.56. The first kappa shape index (κ1) is 19.4. The molecule has 2 rings (SSSR count). The van der Waals surface area contributed by atoms with Crippen LogP contribution < -0.4 is 20.1 Å². The Morgan fingerprint density at radius 3 is 2.38 bits per heavy atom. The van der Waals surface area contributed by atoms with Gasteiger partial charge in [-0.15, -0.1) is 0 Å². The monoisotopic (exact) mass is 367 g/mol. The number of ether oxygens (including phenoxy) is 2. The topological polar surface area (TPSA) is 54.9 Å². The van der Waals surface area contributed by atoms with E-state index in [4.69, 9.17) is 4.74 Å². The molecule has 0 atom stereocenters. The molecule has 5 nitrogen and oxygen atoms in total. The highest BCUT2D eigenvalue weighted by atomic mass is 19.3. The highest BCUT2D eigenvalue weighted by molar-refractivity contribution is 5.79. The van der Waals surface area contributed by atoms with Crippen molar-refractivity contribution < 1.29 is 22.6 Å². The molecule has 2 aromatic rings. The van der Waals surface area contributed by atoms with Crippen LogP contribution >= 0.6 is 0 Å². The molecule has 0 aliphatic heterocycles. The van der Waals surface area contributed by atoms with Crippen LogP contribution in [0.4, 0.5) is 13.2 Å². The lowest BCUT2D eigenvalue weighted by Gasteiger charge is -2.15. The molecule has 0 aliphatic rings. The summed E-state index contributed by atoms with van der Waals surface area (Å²) in [6, 6.07) is 11.0. The highest BCUT2D eigenvalue weighted by Gasteiger charge is 2.12. The van der Waals surface area contributed by atoms with Crippen LogP contribution in [0.25, 0.3) is 0 Å². The number of guanidine groups is 1. The van der Waals surface area contributed by atoms with Crippen molar-refractivity contribution in [2.75, 3.05) is 14.2 Å². The van der Waals surface area contributed by atoms with Crippen molar-refractivity contribution in [1.82, 2.24) is 10.6 Å². The number of benzene rings is 2. The van der Waals surface area contributed by atoms with E-state index in [1.165, 1.54) is 19.2 Å². The first-order valence-corrected chi connectivity index (χ1v) is 7.83. The summed E-state index contributed by atoms with van der Waals surface area (Å²) in [6.45, 7) is -2.53. The van der Waals surface area contributed by atoms with Crippen LogP contribution in [-0.4, -0.2) is 26.7 Å². The molecule has 0 bridgehead atoms. The third kappa shape index (κ3) is 5.58. The average molecular weight is 367 g/mol. The molecular formula is C18H20F3N3O2. The molecule has 0 radical (unpaired) electrons. The number of aliphatic imine (C=N–C) groups is 1. The molecule has 8 heteroatoms. The molecular weight excluding hydrogens is 347 g/mol. The maximum atomic E-state index is 13.6. The fourth-order valence-electron chi connectivity index (χ4n) is 2.23. The third-order valence-corrected chi connectivity index (χ3v) is 3.56. The zero-order valence-corrected chi connectivity index (χ0v) is 14.4. The molecule has 0 fully saturated rings. The second-order valence-electron chi connectivity index (χ2n) is 5.22. The number of methoxy groups -OCH3 is 1. The van der Waals surface area contributed by atoms with Crippen molar-refractivity contribution in [3.8, 4) is 11.5 Å². The van der Waals surface area contributed by atoms with Gasteiger partial charge < -0.3 is 20.1 Å². The van der Waals surface area contributed by atoms with Crippen LogP contribution in [0.2, 0.25) is 0 Å². The van der Waals surface area contributed by atoms with Gasteiger partial charge in [0, 0.05) is 37.3 Å². The zero-order valence-electron chi connectivity index (χ0n) is 14.4. The van der Waals surface area contributed by atoms with E-state index in [1.807, 2.05) is 0 Å². The van der Waals surface area contributed by atoms with E-state index in [0.717, 1.165) is 0 Å². The van der Waals surface area contributed by atoms with Gasteiger partial charge in [-0.1, -0.05) is 18.2 Å². The molecule has 0 amide bonds. The number of rotatable bonds is 7. The Hall–Kier alpha value is -2.90. The normalized spacial score (nSPS) is 11.4. The molecule has 0 saturated heterocycles. The second-order valence-corrected chi connectivity index (χ2v) is 5.22. The summed E-state index contributed by atoms with van der Waals surface area (Å²) in [5, 5.41) is 5.94. The Labute approximate surface area is 149 Å². The SMILES string of the molecule is CN=C(NCc1ccccc1F)NCc1ccc(OC)cc1OC(F)F.